The number of para-hydroxylation sites is 1. The highest BCUT2D eigenvalue weighted by Gasteiger charge is 2.25. The molecular weight excluding hydrogens is 380 g/mol. The van der Waals surface area contributed by atoms with E-state index in [4.69, 9.17) is 5.14 Å². The van der Waals surface area contributed by atoms with Gasteiger partial charge in [-0.05, 0) is 36.2 Å². The topological polar surface area (TPSA) is 122 Å². The van der Waals surface area contributed by atoms with Gasteiger partial charge < -0.3 is 5.32 Å². The number of nitrogens with one attached hydrogen (secondary N) is 1. The van der Waals surface area contributed by atoms with Gasteiger partial charge in [0.15, 0.2) is 0 Å². The Morgan fingerprint density at radius 2 is 1.75 bits per heavy atom. The van der Waals surface area contributed by atoms with Gasteiger partial charge in [-0.25, -0.2) is 18.6 Å². The summed E-state index contributed by atoms with van der Waals surface area (Å²) in [6.45, 7) is 0.353. The van der Waals surface area contributed by atoms with Crippen LogP contribution in [0.25, 0.3) is 0 Å². The summed E-state index contributed by atoms with van der Waals surface area (Å²) in [5.41, 5.74) is 1.78. The summed E-state index contributed by atoms with van der Waals surface area (Å²) >= 11 is 0. The third-order valence-electron chi connectivity index (χ3n) is 4.25. The van der Waals surface area contributed by atoms with Gasteiger partial charge in [-0.2, -0.15) is 5.10 Å². The van der Waals surface area contributed by atoms with Crippen molar-refractivity contribution in [1.29, 1.82) is 0 Å². The molecule has 0 atom stereocenters. The van der Waals surface area contributed by atoms with Crippen LogP contribution in [0.15, 0.2) is 64.6 Å². The molecule has 2 amide bonds. The van der Waals surface area contributed by atoms with Crippen molar-refractivity contribution >= 4 is 33.2 Å². The van der Waals surface area contributed by atoms with Crippen molar-refractivity contribution in [2.45, 2.75) is 24.2 Å². The number of nitrogens with two attached hydrogens (primary N) is 1. The first kappa shape index (κ1) is 19.7. The van der Waals surface area contributed by atoms with Gasteiger partial charge in [-0.15, -0.1) is 0 Å². The third-order valence-corrected chi connectivity index (χ3v) is 5.18. The average Bonchev–Trinajstić information content (AvgIpc) is 2.68. The lowest BCUT2D eigenvalue weighted by molar-refractivity contribution is -0.118. The fraction of sp³-hybridized carbons (Fsp3) is 0.211. The summed E-state index contributed by atoms with van der Waals surface area (Å²) in [7, 11) is -3.72. The Morgan fingerprint density at radius 3 is 2.39 bits per heavy atom. The van der Waals surface area contributed by atoms with Gasteiger partial charge in [0.2, 0.25) is 15.9 Å². The first-order valence-corrected chi connectivity index (χ1v) is 10.2. The molecule has 1 aliphatic heterocycles. The Balaban J connectivity index is 1.59. The van der Waals surface area contributed by atoms with Crippen LogP contribution in [-0.4, -0.2) is 32.5 Å². The van der Waals surface area contributed by atoms with E-state index in [1.54, 1.807) is 36.4 Å². The second-order valence-corrected chi connectivity index (χ2v) is 7.84. The molecule has 146 valence electrons. The number of hydrazone groups is 1. The molecule has 28 heavy (non-hydrogen) atoms. The van der Waals surface area contributed by atoms with Crippen molar-refractivity contribution in [3.8, 4) is 0 Å². The molecule has 1 heterocycles. The van der Waals surface area contributed by atoms with Gasteiger partial charge in [-0.1, -0.05) is 30.3 Å². The van der Waals surface area contributed by atoms with Crippen molar-refractivity contribution in [2.75, 3.05) is 11.6 Å². The zero-order valence-corrected chi connectivity index (χ0v) is 15.9. The molecule has 0 aromatic heterocycles. The summed E-state index contributed by atoms with van der Waals surface area (Å²) in [5, 5.41) is 13.3. The average molecular weight is 400 g/mol. The predicted octanol–water partition coefficient (Wildman–Crippen LogP) is 1.18. The Labute approximate surface area is 163 Å². The molecule has 0 radical (unpaired) electrons. The molecule has 3 rings (SSSR count). The number of anilines is 1. The van der Waals surface area contributed by atoms with E-state index in [2.05, 4.69) is 10.4 Å². The summed E-state index contributed by atoms with van der Waals surface area (Å²) in [6.07, 6.45) is 1.03. The van der Waals surface area contributed by atoms with Crippen LogP contribution in [0.5, 0.6) is 0 Å². The van der Waals surface area contributed by atoms with Crippen molar-refractivity contribution in [3.63, 3.8) is 0 Å². The van der Waals surface area contributed by atoms with E-state index in [1.165, 1.54) is 17.1 Å². The molecule has 2 aromatic carbocycles. The lowest BCUT2D eigenvalue weighted by atomic mass is 10.1. The Kier molecular flexibility index (Phi) is 5.86. The smallest absolute Gasteiger partial charge is 0.267 e. The molecule has 0 saturated heterocycles. The molecule has 8 nitrogen and oxygen atoms in total. The van der Waals surface area contributed by atoms with Gasteiger partial charge in [0.25, 0.3) is 5.91 Å². The SMILES string of the molecule is NS(=O)(=O)c1ccc(CCNC(=O)C2=NN(c3ccccc3)C(=O)CC2)cc1. The van der Waals surface area contributed by atoms with Gasteiger partial charge >= 0.3 is 0 Å². The van der Waals surface area contributed by atoms with Gasteiger partial charge in [-0.3, -0.25) is 9.59 Å². The highest BCUT2D eigenvalue weighted by Crippen LogP contribution is 2.19. The third kappa shape index (κ3) is 4.81. The van der Waals surface area contributed by atoms with Crippen LogP contribution in [0, 0.1) is 0 Å². The molecule has 0 spiro atoms. The maximum absolute atomic E-state index is 12.4. The van der Waals surface area contributed by atoms with Gasteiger partial charge in [0, 0.05) is 19.4 Å². The summed E-state index contributed by atoms with van der Waals surface area (Å²) in [5.74, 6) is -0.479. The number of hydrogen-bond donors (Lipinski definition) is 2. The van der Waals surface area contributed by atoms with Crippen LogP contribution in [0.2, 0.25) is 0 Å². The first-order chi connectivity index (χ1) is 13.3. The number of sulfonamides is 1. The minimum Gasteiger partial charge on any atom is -0.351 e. The lowest BCUT2D eigenvalue weighted by Crippen LogP contribution is -2.39. The maximum atomic E-state index is 12.4. The molecule has 0 bridgehead atoms. The minimum atomic E-state index is -3.72. The fourth-order valence-corrected chi connectivity index (χ4v) is 3.27. The molecule has 1 aliphatic rings. The number of carbonyl (C=O) groups excluding carboxylic acids is 2. The van der Waals surface area contributed by atoms with Crippen molar-refractivity contribution in [1.82, 2.24) is 5.32 Å². The lowest BCUT2D eigenvalue weighted by Gasteiger charge is -2.23. The van der Waals surface area contributed by atoms with Crippen LogP contribution in [-0.2, 0) is 26.0 Å². The number of carbonyl (C=O) groups is 2. The predicted molar refractivity (Wildman–Crippen MR) is 105 cm³/mol. The normalized spacial score (nSPS) is 14.5. The highest BCUT2D eigenvalue weighted by molar-refractivity contribution is 7.89. The second kappa shape index (κ2) is 8.32. The van der Waals surface area contributed by atoms with Crippen LogP contribution >= 0.6 is 0 Å². The Morgan fingerprint density at radius 1 is 1.07 bits per heavy atom. The molecule has 0 fully saturated rings. The quantitative estimate of drug-likeness (QED) is 0.756. The summed E-state index contributed by atoms with van der Waals surface area (Å²) in [4.78, 5) is 24.5. The van der Waals surface area contributed by atoms with Gasteiger partial charge in [0.1, 0.15) is 5.71 Å². The van der Waals surface area contributed by atoms with Crippen LogP contribution in [0.3, 0.4) is 0 Å². The molecule has 0 unspecified atom stereocenters. The monoisotopic (exact) mass is 400 g/mol. The number of primary sulfonamides is 1. The number of amides is 2. The largest absolute Gasteiger partial charge is 0.351 e. The van der Waals surface area contributed by atoms with Crippen molar-refractivity contribution in [2.24, 2.45) is 10.2 Å². The van der Waals surface area contributed by atoms with Crippen molar-refractivity contribution in [3.05, 3.63) is 60.2 Å². The maximum Gasteiger partial charge on any atom is 0.267 e. The van der Waals surface area contributed by atoms with Crippen LogP contribution in [0.4, 0.5) is 5.69 Å². The second-order valence-electron chi connectivity index (χ2n) is 6.28. The molecule has 0 saturated carbocycles. The molecule has 9 heteroatoms. The van der Waals surface area contributed by atoms with E-state index in [-0.39, 0.29) is 29.6 Å². The zero-order valence-electron chi connectivity index (χ0n) is 15.0. The van der Waals surface area contributed by atoms with E-state index >= 15 is 0 Å². The van der Waals surface area contributed by atoms with Gasteiger partial charge in [0.05, 0.1) is 10.6 Å². The summed E-state index contributed by atoms with van der Waals surface area (Å²) < 4.78 is 22.5. The Bertz CT molecular complexity index is 1000. The van der Waals surface area contributed by atoms with E-state index in [0.717, 1.165) is 5.56 Å². The highest BCUT2D eigenvalue weighted by atomic mass is 32.2. The van der Waals surface area contributed by atoms with Crippen molar-refractivity contribution < 1.29 is 18.0 Å². The van der Waals surface area contributed by atoms with E-state index in [1.807, 2.05) is 6.07 Å². The minimum absolute atomic E-state index is 0.0440. The molecule has 3 N–H and O–H groups in total. The number of hydrogen-bond acceptors (Lipinski definition) is 5. The van der Waals surface area contributed by atoms with E-state index in [0.29, 0.717) is 24.4 Å². The van der Waals surface area contributed by atoms with E-state index < -0.39 is 10.0 Å². The molecule has 2 aromatic rings. The Hall–Kier alpha value is -3.04. The van der Waals surface area contributed by atoms with Crippen LogP contribution in [0.1, 0.15) is 18.4 Å². The van der Waals surface area contributed by atoms with Crippen LogP contribution < -0.4 is 15.5 Å². The fourth-order valence-electron chi connectivity index (χ4n) is 2.76. The number of nitrogens with zero attached hydrogens (tertiary/aromatic N) is 2. The number of rotatable bonds is 6. The van der Waals surface area contributed by atoms with E-state index in [9.17, 15) is 18.0 Å². The first-order valence-electron chi connectivity index (χ1n) is 8.70. The summed E-state index contributed by atoms with van der Waals surface area (Å²) in [6, 6.07) is 15.1. The molecular formula is C19H20N4O4S. The molecule has 0 aliphatic carbocycles. The zero-order chi connectivity index (χ0) is 20.1. The number of benzene rings is 2. The standard InChI is InChI=1S/C19H20N4O4S/c20-28(26,27)16-8-6-14(7-9-16)12-13-21-19(25)17-10-11-18(24)23(22-17)15-4-2-1-3-5-15/h1-9H,10-13H2,(H,21,25)(H2,20,26,27).